The number of halogens is 1. The van der Waals surface area contributed by atoms with Crippen LogP contribution in [0.5, 0.6) is 5.75 Å². The monoisotopic (exact) mass is 380 g/mol. The number of benzene rings is 1. The number of nitrogens with zero attached hydrogens (tertiary/aromatic N) is 2. The third-order valence-corrected chi connectivity index (χ3v) is 4.62. The fourth-order valence-electron chi connectivity index (χ4n) is 3.01. The van der Waals surface area contributed by atoms with Crippen LogP contribution in [-0.2, 0) is 11.3 Å². The summed E-state index contributed by atoms with van der Waals surface area (Å²) >= 11 is 0. The zero-order chi connectivity index (χ0) is 19.7. The van der Waals surface area contributed by atoms with Gasteiger partial charge in [0.05, 0.1) is 26.4 Å². The van der Waals surface area contributed by atoms with Crippen LogP contribution in [-0.4, -0.2) is 62.4 Å². The molecular formula is C20H33FN4O2. The van der Waals surface area contributed by atoms with Crippen molar-refractivity contribution >= 4 is 5.96 Å². The number of hydrogen-bond acceptors (Lipinski definition) is 4. The third-order valence-electron chi connectivity index (χ3n) is 4.62. The smallest absolute Gasteiger partial charge is 0.191 e. The van der Waals surface area contributed by atoms with E-state index in [0.717, 1.165) is 50.9 Å². The van der Waals surface area contributed by atoms with Crippen LogP contribution in [0.4, 0.5) is 4.39 Å². The average Bonchev–Trinajstić information content (AvgIpc) is 2.67. The van der Waals surface area contributed by atoms with Gasteiger partial charge in [0.2, 0.25) is 0 Å². The lowest BCUT2D eigenvalue weighted by molar-refractivity contribution is -0.00834. The molecule has 0 aliphatic carbocycles. The van der Waals surface area contributed by atoms with Gasteiger partial charge in [0, 0.05) is 31.7 Å². The number of nitrogens with one attached hydrogen (secondary N) is 2. The summed E-state index contributed by atoms with van der Waals surface area (Å²) in [6, 6.07) is 4.99. The molecule has 7 heteroatoms. The summed E-state index contributed by atoms with van der Waals surface area (Å²) in [5.41, 5.74) is 0.797. The van der Waals surface area contributed by atoms with Crippen LogP contribution >= 0.6 is 0 Å². The minimum absolute atomic E-state index is 0.00871. The first kappa shape index (κ1) is 21.4. The van der Waals surface area contributed by atoms with E-state index in [9.17, 15) is 4.39 Å². The number of rotatable bonds is 8. The molecule has 152 valence electrons. The molecule has 6 nitrogen and oxygen atoms in total. The molecule has 2 rings (SSSR count). The fourth-order valence-corrected chi connectivity index (χ4v) is 3.01. The van der Waals surface area contributed by atoms with E-state index >= 15 is 0 Å². The zero-order valence-corrected chi connectivity index (χ0v) is 17.0. The minimum Gasteiger partial charge on any atom is -0.491 e. The molecule has 0 radical (unpaired) electrons. The lowest BCUT2D eigenvalue weighted by Crippen LogP contribution is -2.56. The zero-order valence-electron chi connectivity index (χ0n) is 17.0. The predicted octanol–water partition coefficient (Wildman–Crippen LogP) is 2.39. The normalized spacial score (nSPS) is 16.3. The second kappa shape index (κ2) is 10.5. The Bertz CT molecular complexity index is 616. The summed E-state index contributed by atoms with van der Waals surface area (Å²) in [5.74, 6) is 0.659. The van der Waals surface area contributed by atoms with E-state index in [1.165, 1.54) is 6.07 Å². The summed E-state index contributed by atoms with van der Waals surface area (Å²) in [6.07, 6.45) is 0. The number of ether oxygens (including phenoxy) is 2. The SMILES string of the molecule is CCNC(=NCc1ccc(OCC)c(F)c1)NCC(C)(C)N1CCOCC1. The van der Waals surface area contributed by atoms with Gasteiger partial charge in [-0.05, 0) is 45.4 Å². The Hall–Kier alpha value is -1.86. The first-order chi connectivity index (χ1) is 13.0. The van der Waals surface area contributed by atoms with Crippen molar-refractivity contribution < 1.29 is 13.9 Å². The second-order valence-electron chi connectivity index (χ2n) is 7.16. The molecule has 1 fully saturated rings. The molecule has 0 aromatic heterocycles. The summed E-state index contributed by atoms with van der Waals surface area (Å²) < 4.78 is 24.7. The molecule has 1 aromatic carbocycles. The fraction of sp³-hybridized carbons (Fsp3) is 0.650. The van der Waals surface area contributed by atoms with Crippen LogP contribution in [0.25, 0.3) is 0 Å². The lowest BCUT2D eigenvalue weighted by atomic mass is 10.0. The van der Waals surface area contributed by atoms with Crippen LogP contribution in [0.1, 0.15) is 33.3 Å². The van der Waals surface area contributed by atoms with Gasteiger partial charge in [-0.2, -0.15) is 0 Å². The van der Waals surface area contributed by atoms with Crippen molar-refractivity contribution in [3.63, 3.8) is 0 Å². The van der Waals surface area contributed by atoms with Crippen molar-refractivity contribution in [1.82, 2.24) is 15.5 Å². The molecule has 2 N–H and O–H groups in total. The van der Waals surface area contributed by atoms with Crippen LogP contribution in [0.3, 0.4) is 0 Å². The molecule has 0 bridgehead atoms. The highest BCUT2D eigenvalue weighted by atomic mass is 19.1. The van der Waals surface area contributed by atoms with E-state index in [1.54, 1.807) is 6.07 Å². The van der Waals surface area contributed by atoms with Crippen LogP contribution < -0.4 is 15.4 Å². The third kappa shape index (κ3) is 6.66. The van der Waals surface area contributed by atoms with Crippen molar-refractivity contribution in [2.75, 3.05) is 46.0 Å². The van der Waals surface area contributed by atoms with Crippen molar-refractivity contribution in [2.24, 2.45) is 4.99 Å². The molecule has 1 heterocycles. The first-order valence-electron chi connectivity index (χ1n) is 9.72. The van der Waals surface area contributed by atoms with Gasteiger partial charge < -0.3 is 20.1 Å². The van der Waals surface area contributed by atoms with Gasteiger partial charge in [-0.15, -0.1) is 0 Å². The maximum Gasteiger partial charge on any atom is 0.191 e. The maximum absolute atomic E-state index is 14.0. The van der Waals surface area contributed by atoms with E-state index in [-0.39, 0.29) is 17.1 Å². The Balaban J connectivity index is 1.96. The molecule has 1 aliphatic heterocycles. The molecule has 1 aliphatic rings. The highest BCUT2D eigenvalue weighted by Crippen LogP contribution is 2.19. The van der Waals surface area contributed by atoms with Crippen LogP contribution in [0.2, 0.25) is 0 Å². The van der Waals surface area contributed by atoms with Gasteiger partial charge in [0.1, 0.15) is 0 Å². The van der Waals surface area contributed by atoms with E-state index in [4.69, 9.17) is 9.47 Å². The van der Waals surface area contributed by atoms with E-state index in [0.29, 0.717) is 13.2 Å². The molecule has 27 heavy (non-hydrogen) atoms. The van der Waals surface area contributed by atoms with Gasteiger partial charge in [-0.1, -0.05) is 6.07 Å². The standard InChI is InChI=1S/C20H33FN4O2/c1-5-22-19(24-15-20(3,4)25-9-11-26-12-10-25)23-14-16-7-8-18(27-6-2)17(21)13-16/h7-8,13H,5-6,9-12,14-15H2,1-4H3,(H2,22,23,24). The van der Waals surface area contributed by atoms with Crippen molar-refractivity contribution in [3.05, 3.63) is 29.6 Å². The van der Waals surface area contributed by atoms with E-state index < -0.39 is 0 Å². The Morgan fingerprint density at radius 1 is 1.26 bits per heavy atom. The maximum atomic E-state index is 14.0. The lowest BCUT2D eigenvalue weighted by Gasteiger charge is -2.41. The minimum atomic E-state index is -0.351. The van der Waals surface area contributed by atoms with Gasteiger partial charge in [0.25, 0.3) is 0 Å². The molecule has 0 unspecified atom stereocenters. The highest BCUT2D eigenvalue weighted by molar-refractivity contribution is 5.79. The van der Waals surface area contributed by atoms with Crippen molar-refractivity contribution in [3.8, 4) is 5.75 Å². The summed E-state index contributed by atoms with van der Waals surface area (Å²) in [6.45, 7) is 14.1. The van der Waals surface area contributed by atoms with Gasteiger partial charge in [0.15, 0.2) is 17.5 Å². The second-order valence-corrected chi connectivity index (χ2v) is 7.16. The summed E-state index contributed by atoms with van der Waals surface area (Å²) in [7, 11) is 0. The Kier molecular flexibility index (Phi) is 8.31. The topological polar surface area (TPSA) is 58.1 Å². The van der Waals surface area contributed by atoms with Crippen molar-refractivity contribution in [2.45, 2.75) is 39.8 Å². The highest BCUT2D eigenvalue weighted by Gasteiger charge is 2.28. The number of morpholine rings is 1. The molecule has 0 atom stereocenters. The molecule has 1 saturated heterocycles. The molecule has 0 amide bonds. The molecule has 0 spiro atoms. The Labute approximate surface area is 162 Å². The quantitative estimate of drug-likeness (QED) is 0.536. The first-order valence-corrected chi connectivity index (χ1v) is 9.72. The van der Waals surface area contributed by atoms with Crippen LogP contribution in [0, 0.1) is 5.82 Å². The van der Waals surface area contributed by atoms with E-state index in [1.807, 2.05) is 19.9 Å². The number of guanidine groups is 1. The number of hydrogen-bond donors (Lipinski definition) is 2. The number of aliphatic imine (C=N–C) groups is 1. The summed E-state index contributed by atoms with van der Waals surface area (Å²) in [5, 5.41) is 6.66. The average molecular weight is 381 g/mol. The largest absolute Gasteiger partial charge is 0.491 e. The van der Waals surface area contributed by atoms with E-state index in [2.05, 4.69) is 34.4 Å². The molecule has 0 saturated carbocycles. The van der Waals surface area contributed by atoms with Crippen LogP contribution in [0.15, 0.2) is 23.2 Å². The Morgan fingerprint density at radius 2 is 2.00 bits per heavy atom. The van der Waals surface area contributed by atoms with Gasteiger partial charge >= 0.3 is 0 Å². The molecular weight excluding hydrogens is 347 g/mol. The van der Waals surface area contributed by atoms with Gasteiger partial charge in [-0.3, -0.25) is 4.90 Å². The molecule has 1 aromatic rings. The Morgan fingerprint density at radius 3 is 2.63 bits per heavy atom. The van der Waals surface area contributed by atoms with Crippen molar-refractivity contribution in [1.29, 1.82) is 0 Å². The summed E-state index contributed by atoms with van der Waals surface area (Å²) in [4.78, 5) is 7.02. The van der Waals surface area contributed by atoms with Gasteiger partial charge in [-0.25, -0.2) is 9.38 Å². The predicted molar refractivity (Wildman–Crippen MR) is 107 cm³/mol.